The molecule has 2 unspecified atom stereocenters. The summed E-state index contributed by atoms with van der Waals surface area (Å²) in [4.78, 5) is 1.23. The van der Waals surface area contributed by atoms with E-state index in [2.05, 4.69) is 22.0 Å². The maximum atomic E-state index is 9.98. The molecule has 1 aromatic rings. The van der Waals surface area contributed by atoms with Crippen LogP contribution in [0.15, 0.2) is 15.9 Å². The molecule has 1 aromatic heterocycles. The van der Waals surface area contributed by atoms with Crippen LogP contribution in [0.5, 0.6) is 0 Å². The lowest BCUT2D eigenvalue weighted by atomic mass is 10.0. The van der Waals surface area contributed by atoms with Gasteiger partial charge < -0.3 is 9.84 Å². The largest absolute Gasteiger partial charge is 0.393 e. The number of ether oxygens (including phenoxy) is 1. The molecule has 1 saturated heterocycles. The van der Waals surface area contributed by atoms with Gasteiger partial charge in [-0.3, -0.25) is 0 Å². The highest BCUT2D eigenvalue weighted by atomic mass is 79.9. The second kappa shape index (κ2) is 6.15. The fourth-order valence-electron chi connectivity index (χ4n) is 2.07. The summed E-state index contributed by atoms with van der Waals surface area (Å²) in [5.74, 6) is 0. The molecule has 0 spiro atoms. The summed E-state index contributed by atoms with van der Waals surface area (Å²) in [6.45, 7) is 0.863. The van der Waals surface area contributed by atoms with Crippen molar-refractivity contribution in [1.29, 1.82) is 0 Å². The van der Waals surface area contributed by atoms with Gasteiger partial charge in [-0.25, -0.2) is 0 Å². The van der Waals surface area contributed by atoms with Crippen molar-refractivity contribution in [3.05, 3.63) is 20.8 Å². The smallest absolute Gasteiger partial charge is 0.0701 e. The first-order valence-electron chi connectivity index (χ1n) is 5.78. The van der Waals surface area contributed by atoms with Crippen molar-refractivity contribution in [1.82, 2.24) is 0 Å². The fraction of sp³-hybridized carbons (Fsp3) is 0.667. The molecule has 2 atom stereocenters. The summed E-state index contributed by atoms with van der Waals surface area (Å²) in [6, 6.07) is 4.10. The molecule has 90 valence electrons. The highest BCUT2D eigenvalue weighted by molar-refractivity contribution is 9.11. The Morgan fingerprint density at radius 1 is 1.50 bits per heavy atom. The fourth-order valence-corrected chi connectivity index (χ4v) is 3.63. The van der Waals surface area contributed by atoms with Gasteiger partial charge in [-0.2, -0.15) is 0 Å². The predicted molar refractivity (Wildman–Crippen MR) is 69.9 cm³/mol. The Labute approximate surface area is 109 Å². The van der Waals surface area contributed by atoms with Gasteiger partial charge in [-0.1, -0.05) is 0 Å². The lowest BCUT2D eigenvalue weighted by molar-refractivity contribution is -0.0146. The highest BCUT2D eigenvalue weighted by Crippen LogP contribution is 2.25. The molecule has 1 N–H and O–H groups in total. The number of aliphatic hydroxyl groups is 1. The molecule has 1 fully saturated rings. The van der Waals surface area contributed by atoms with Crippen LogP contribution in [-0.4, -0.2) is 23.9 Å². The maximum Gasteiger partial charge on any atom is 0.0701 e. The van der Waals surface area contributed by atoms with E-state index in [-0.39, 0.29) is 12.2 Å². The molecule has 4 heteroatoms. The number of rotatable bonds is 4. The van der Waals surface area contributed by atoms with Crippen LogP contribution in [0, 0.1) is 0 Å². The van der Waals surface area contributed by atoms with E-state index in [1.165, 1.54) is 17.7 Å². The van der Waals surface area contributed by atoms with Crippen LogP contribution in [-0.2, 0) is 11.2 Å². The van der Waals surface area contributed by atoms with E-state index in [4.69, 9.17) is 4.74 Å². The van der Waals surface area contributed by atoms with E-state index in [1.807, 2.05) is 6.07 Å². The summed E-state index contributed by atoms with van der Waals surface area (Å²) in [6.07, 6.45) is 5.03. The normalized spacial score (nSPS) is 23.2. The van der Waals surface area contributed by atoms with Crippen molar-refractivity contribution < 1.29 is 9.84 Å². The molecule has 0 saturated carbocycles. The van der Waals surface area contributed by atoms with Gasteiger partial charge in [-0.15, -0.1) is 11.3 Å². The molecule has 1 aliphatic rings. The number of hydrogen-bond donors (Lipinski definition) is 1. The summed E-state index contributed by atoms with van der Waals surface area (Å²) in [7, 11) is 0. The second-order valence-electron chi connectivity index (χ2n) is 4.29. The first-order valence-corrected chi connectivity index (χ1v) is 7.39. The number of aliphatic hydroxyl groups excluding tert-OH is 1. The van der Waals surface area contributed by atoms with Gasteiger partial charge in [0.1, 0.15) is 0 Å². The zero-order valence-corrected chi connectivity index (χ0v) is 11.6. The third kappa shape index (κ3) is 3.84. The van der Waals surface area contributed by atoms with Gasteiger partial charge in [0.25, 0.3) is 0 Å². The van der Waals surface area contributed by atoms with E-state index >= 15 is 0 Å². The van der Waals surface area contributed by atoms with Crippen molar-refractivity contribution in [3.8, 4) is 0 Å². The van der Waals surface area contributed by atoms with Gasteiger partial charge in [0.15, 0.2) is 0 Å². The van der Waals surface area contributed by atoms with Crippen LogP contribution in [0.2, 0.25) is 0 Å². The molecule has 1 aliphatic heterocycles. The molecule has 2 heterocycles. The van der Waals surface area contributed by atoms with Gasteiger partial charge in [0.2, 0.25) is 0 Å². The second-order valence-corrected chi connectivity index (χ2v) is 6.84. The van der Waals surface area contributed by atoms with Crippen LogP contribution in [0.3, 0.4) is 0 Å². The summed E-state index contributed by atoms with van der Waals surface area (Å²) < 4.78 is 6.75. The predicted octanol–water partition coefficient (Wildman–Crippen LogP) is 3.37. The third-order valence-corrected chi connectivity index (χ3v) is 4.52. The topological polar surface area (TPSA) is 29.5 Å². The highest BCUT2D eigenvalue weighted by Gasteiger charge is 2.18. The van der Waals surface area contributed by atoms with Crippen LogP contribution in [0.1, 0.15) is 30.6 Å². The van der Waals surface area contributed by atoms with Crippen LogP contribution >= 0.6 is 27.3 Å². The van der Waals surface area contributed by atoms with Crippen LogP contribution in [0.4, 0.5) is 0 Å². The standard InChI is InChI=1S/C12H17BrO2S/c13-12-5-4-11(16-12)8-9(14)7-10-3-1-2-6-15-10/h4-5,9-10,14H,1-3,6-8H2. The Bertz CT molecular complexity index is 321. The summed E-state index contributed by atoms with van der Waals surface area (Å²) in [5, 5.41) is 9.98. The molecule has 0 aliphatic carbocycles. The first kappa shape index (κ1) is 12.6. The quantitative estimate of drug-likeness (QED) is 0.924. The lowest BCUT2D eigenvalue weighted by Gasteiger charge is -2.24. The van der Waals surface area contributed by atoms with Gasteiger partial charge >= 0.3 is 0 Å². The molecule has 0 radical (unpaired) electrons. The van der Waals surface area contributed by atoms with Crippen molar-refractivity contribution in [2.24, 2.45) is 0 Å². The minimum Gasteiger partial charge on any atom is -0.393 e. The molecular formula is C12H17BrO2S. The Morgan fingerprint density at radius 3 is 3.00 bits per heavy atom. The zero-order valence-electron chi connectivity index (χ0n) is 9.19. The van der Waals surface area contributed by atoms with Crippen molar-refractivity contribution in [3.63, 3.8) is 0 Å². The maximum absolute atomic E-state index is 9.98. The Morgan fingerprint density at radius 2 is 2.38 bits per heavy atom. The molecule has 2 rings (SSSR count). The van der Waals surface area contributed by atoms with Crippen molar-refractivity contribution in [2.45, 2.75) is 44.3 Å². The number of hydrogen-bond acceptors (Lipinski definition) is 3. The number of thiophene rings is 1. The number of halogens is 1. The third-order valence-electron chi connectivity index (χ3n) is 2.87. The van der Waals surface area contributed by atoms with Gasteiger partial charge in [-0.05, 0) is 53.7 Å². The van der Waals surface area contributed by atoms with Crippen LogP contribution in [0.25, 0.3) is 0 Å². The first-order chi connectivity index (χ1) is 7.74. The molecule has 0 bridgehead atoms. The van der Waals surface area contributed by atoms with Crippen molar-refractivity contribution in [2.75, 3.05) is 6.61 Å². The zero-order chi connectivity index (χ0) is 11.4. The Hall–Kier alpha value is 0.1000. The van der Waals surface area contributed by atoms with E-state index in [9.17, 15) is 5.11 Å². The lowest BCUT2D eigenvalue weighted by Crippen LogP contribution is -2.25. The van der Waals surface area contributed by atoms with Crippen molar-refractivity contribution >= 4 is 27.3 Å². The molecule has 2 nitrogen and oxygen atoms in total. The Kier molecular flexibility index (Phi) is 4.82. The Balaban J connectivity index is 1.77. The van der Waals surface area contributed by atoms with E-state index < -0.39 is 0 Å². The average Bonchev–Trinajstić information content (AvgIpc) is 2.65. The SMILES string of the molecule is OC(Cc1ccc(Br)s1)CC1CCCCO1. The van der Waals surface area contributed by atoms with Gasteiger partial charge in [0.05, 0.1) is 16.0 Å². The minimum atomic E-state index is -0.270. The summed E-state index contributed by atoms with van der Waals surface area (Å²) >= 11 is 5.13. The molecular weight excluding hydrogens is 288 g/mol. The van der Waals surface area contributed by atoms with E-state index in [1.54, 1.807) is 11.3 Å². The van der Waals surface area contributed by atoms with Gasteiger partial charge in [0, 0.05) is 17.9 Å². The van der Waals surface area contributed by atoms with E-state index in [0.717, 1.165) is 29.7 Å². The molecule has 16 heavy (non-hydrogen) atoms. The van der Waals surface area contributed by atoms with E-state index in [0.29, 0.717) is 0 Å². The minimum absolute atomic E-state index is 0.270. The van der Waals surface area contributed by atoms with Crippen LogP contribution < -0.4 is 0 Å². The molecule has 0 amide bonds. The molecule has 0 aromatic carbocycles. The monoisotopic (exact) mass is 304 g/mol. The average molecular weight is 305 g/mol. The summed E-state index contributed by atoms with van der Waals surface area (Å²) in [5.41, 5.74) is 0.